The Morgan fingerprint density at radius 1 is 1.00 bits per heavy atom. The zero-order valence-electron chi connectivity index (χ0n) is 10.6. The SMILES string of the molecule is O=[N+]([O-])c1cc(Cl)cc(Oc2ccc(OC(F)(F)F)cc2)c1. The zero-order valence-corrected chi connectivity index (χ0v) is 11.4. The Morgan fingerprint density at radius 3 is 2.14 bits per heavy atom. The summed E-state index contributed by atoms with van der Waals surface area (Å²) in [6, 6.07) is 8.21. The summed E-state index contributed by atoms with van der Waals surface area (Å²) in [7, 11) is 0. The standard InChI is InChI=1S/C13H7ClF3NO4/c14-8-5-9(18(19)20)7-12(6-8)21-10-1-3-11(4-2-10)22-13(15,16)17/h1-7H. The molecule has 0 unspecified atom stereocenters. The molecule has 0 aromatic heterocycles. The molecule has 0 spiro atoms. The van der Waals surface area contributed by atoms with E-state index in [1.54, 1.807) is 0 Å². The lowest BCUT2D eigenvalue weighted by atomic mass is 10.3. The van der Waals surface area contributed by atoms with Gasteiger partial charge in [0.05, 0.1) is 16.0 Å². The number of hydrogen-bond donors (Lipinski definition) is 0. The minimum Gasteiger partial charge on any atom is -0.457 e. The average Bonchev–Trinajstić information content (AvgIpc) is 2.38. The Labute approximate surface area is 127 Å². The lowest BCUT2D eigenvalue weighted by molar-refractivity contribution is -0.384. The van der Waals surface area contributed by atoms with Gasteiger partial charge in [-0.1, -0.05) is 11.6 Å². The van der Waals surface area contributed by atoms with E-state index in [9.17, 15) is 23.3 Å². The summed E-state index contributed by atoms with van der Waals surface area (Å²) < 4.78 is 45.1. The van der Waals surface area contributed by atoms with Crippen molar-refractivity contribution in [2.75, 3.05) is 0 Å². The number of alkyl halides is 3. The van der Waals surface area contributed by atoms with E-state index < -0.39 is 17.0 Å². The van der Waals surface area contributed by atoms with Crippen LogP contribution in [-0.4, -0.2) is 11.3 Å². The van der Waals surface area contributed by atoms with Gasteiger partial charge < -0.3 is 9.47 Å². The molecule has 2 rings (SSSR count). The maximum Gasteiger partial charge on any atom is 0.573 e. The van der Waals surface area contributed by atoms with Crippen LogP contribution in [0.1, 0.15) is 0 Å². The molecule has 0 aliphatic rings. The molecule has 0 saturated heterocycles. The molecule has 0 N–H and O–H groups in total. The van der Waals surface area contributed by atoms with Crippen LogP contribution in [0.3, 0.4) is 0 Å². The fourth-order valence-corrected chi connectivity index (χ4v) is 1.78. The van der Waals surface area contributed by atoms with Crippen molar-refractivity contribution in [1.29, 1.82) is 0 Å². The van der Waals surface area contributed by atoms with Gasteiger partial charge in [0.25, 0.3) is 5.69 Å². The van der Waals surface area contributed by atoms with Crippen LogP contribution >= 0.6 is 11.6 Å². The summed E-state index contributed by atoms with van der Waals surface area (Å²) >= 11 is 5.73. The predicted octanol–water partition coefficient (Wildman–Crippen LogP) is 4.94. The molecule has 0 atom stereocenters. The Hall–Kier alpha value is -2.48. The zero-order chi connectivity index (χ0) is 16.3. The van der Waals surface area contributed by atoms with Crippen LogP contribution in [0.4, 0.5) is 18.9 Å². The van der Waals surface area contributed by atoms with Gasteiger partial charge >= 0.3 is 6.36 Å². The number of halogens is 4. The van der Waals surface area contributed by atoms with Gasteiger partial charge in [0.2, 0.25) is 0 Å². The Balaban J connectivity index is 2.16. The first-order valence-electron chi connectivity index (χ1n) is 5.71. The molecule has 5 nitrogen and oxygen atoms in total. The summed E-state index contributed by atoms with van der Waals surface area (Å²) in [4.78, 5) is 10.1. The van der Waals surface area contributed by atoms with Crippen molar-refractivity contribution in [1.82, 2.24) is 0 Å². The third-order valence-electron chi connectivity index (χ3n) is 2.36. The first-order valence-corrected chi connectivity index (χ1v) is 6.09. The topological polar surface area (TPSA) is 61.6 Å². The molecule has 22 heavy (non-hydrogen) atoms. The highest BCUT2D eigenvalue weighted by Gasteiger charge is 2.30. The molecular formula is C13H7ClF3NO4. The summed E-state index contributed by atoms with van der Waals surface area (Å²) in [5.41, 5.74) is -0.264. The smallest absolute Gasteiger partial charge is 0.457 e. The third kappa shape index (κ3) is 4.52. The Morgan fingerprint density at radius 2 is 1.59 bits per heavy atom. The van der Waals surface area contributed by atoms with Gasteiger partial charge in [0.15, 0.2) is 0 Å². The second kappa shape index (κ2) is 6.10. The molecule has 0 heterocycles. The number of rotatable bonds is 4. The maximum absolute atomic E-state index is 12.0. The van der Waals surface area contributed by atoms with Crippen LogP contribution < -0.4 is 9.47 Å². The first-order chi connectivity index (χ1) is 10.2. The van der Waals surface area contributed by atoms with Gasteiger partial charge in [-0.3, -0.25) is 10.1 Å². The van der Waals surface area contributed by atoms with E-state index in [-0.39, 0.29) is 22.2 Å². The molecule has 0 bridgehead atoms. The van der Waals surface area contributed by atoms with Crippen LogP contribution in [0.2, 0.25) is 5.02 Å². The number of nitrogens with zero attached hydrogens (tertiary/aromatic N) is 1. The molecule has 0 aliphatic heterocycles. The van der Waals surface area contributed by atoms with E-state index in [1.807, 2.05) is 0 Å². The van der Waals surface area contributed by atoms with Crippen molar-refractivity contribution in [3.8, 4) is 17.2 Å². The molecule has 0 amide bonds. The molecule has 0 aliphatic carbocycles. The quantitative estimate of drug-likeness (QED) is 0.587. The van der Waals surface area contributed by atoms with E-state index in [0.29, 0.717) is 0 Å². The number of benzene rings is 2. The first kappa shape index (κ1) is 15.9. The predicted molar refractivity (Wildman–Crippen MR) is 71.3 cm³/mol. The van der Waals surface area contributed by atoms with Crippen LogP contribution in [0.15, 0.2) is 42.5 Å². The molecule has 116 valence electrons. The fourth-order valence-electron chi connectivity index (χ4n) is 1.56. The van der Waals surface area contributed by atoms with Gasteiger partial charge in [0.1, 0.15) is 17.2 Å². The Kier molecular flexibility index (Phi) is 4.41. The summed E-state index contributed by atoms with van der Waals surface area (Å²) in [5.74, 6) is -0.147. The van der Waals surface area contributed by atoms with E-state index >= 15 is 0 Å². The van der Waals surface area contributed by atoms with Crippen molar-refractivity contribution >= 4 is 17.3 Å². The lowest BCUT2D eigenvalue weighted by Gasteiger charge is -2.10. The van der Waals surface area contributed by atoms with E-state index in [1.165, 1.54) is 18.2 Å². The maximum atomic E-state index is 12.0. The molecule has 0 saturated carbocycles. The number of nitro benzene ring substituents is 1. The highest BCUT2D eigenvalue weighted by molar-refractivity contribution is 6.30. The van der Waals surface area contributed by atoms with Crippen LogP contribution in [-0.2, 0) is 0 Å². The fraction of sp³-hybridized carbons (Fsp3) is 0.0769. The Bertz CT molecular complexity index is 689. The number of ether oxygens (including phenoxy) is 2. The molecular weight excluding hydrogens is 327 g/mol. The highest BCUT2D eigenvalue weighted by atomic mass is 35.5. The largest absolute Gasteiger partial charge is 0.573 e. The summed E-state index contributed by atoms with van der Waals surface area (Å²) in [6.45, 7) is 0. The second-order valence-electron chi connectivity index (χ2n) is 4.02. The van der Waals surface area contributed by atoms with Crippen molar-refractivity contribution < 1.29 is 27.6 Å². The van der Waals surface area contributed by atoms with Crippen LogP contribution in [0.5, 0.6) is 17.2 Å². The number of hydrogen-bond acceptors (Lipinski definition) is 4. The summed E-state index contributed by atoms with van der Waals surface area (Å²) in [5, 5.41) is 10.8. The van der Waals surface area contributed by atoms with Crippen LogP contribution in [0, 0.1) is 10.1 Å². The van der Waals surface area contributed by atoms with Crippen molar-refractivity contribution in [2.24, 2.45) is 0 Å². The summed E-state index contributed by atoms with van der Waals surface area (Å²) in [6.07, 6.45) is -4.78. The van der Waals surface area contributed by atoms with Gasteiger partial charge in [0, 0.05) is 6.07 Å². The van der Waals surface area contributed by atoms with Crippen molar-refractivity contribution in [3.05, 3.63) is 57.6 Å². The van der Waals surface area contributed by atoms with E-state index in [0.717, 1.165) is 24.3 Å². The van der Waals surface area contributed by atoms with Crippen molar-refractivity contribution in [2.45, 2.75) is 6.36 Å². The minimum atomic E-state index is -4.78. The van der Waals surface area contributed by atoms with Gasteiger partial charge in [-0.25, -0.2) is 0 Å². The molecule has 2 aromatic rings. The van der Waals surface area contributed by atoms with Gasteiger partial charge in [-0.2, -0.15) is 0 Å². The minimum absolute atomic E-state index is 0.0867. The monoisotopic (exact) mass is 333 g/mol. The molecule has 2 aromatic carbocycles. The molecule has 0 fully saturated rings. The van der Waals surface area contributed by atoms with Crippen LogP contribution in [0.25, 0.3) is 0 Å². The van der Waals surface area contributed by atoms with E-state index in [2.05, 4.69) is 4.74 Å². The molecule has 9 heteroatoms. The normalized spacial score (nSPS) is 11.1. The van der Waals surface area contributed by atoms with Crippen molar-refractivity contribution in [3.63, 3.8) is 0 Å². The third-order valence-corrected chi connectivity index (χ3v) is 2.58. The molecule has 0 radical (unpaired) electrons. The number of nitro groups is 1. The highest BCUT2D eigenvalue weighted by Crippen LogP contribution is 2.31. The van der Waals surface area contributed by atoms with Gasteiger partial charge in [-0.15, -0.1) is 13.2 Å². The average molecular weight is 334 g/mol. The van der Waals surface area contributed by atoms with E-state index in [4.69, 9.17) is 16.3 Å². The lowest BCUT2D eigenvalue weighted by Crippen LogP contribution is -2.16. The van der Waals surface area contributed by atoms with Gasteiger partial charge in [-0.05, 0) is 30.3 Å². The number of non-ortho nitro benzene ring substituents is 1. The second-order valence-corrected chi connectivity index (χ2v) is 4.46.